The van der Waals surface area contributed by atoms with Crippen LogP contribution in [0.1, 0.15) is 65.4 Å². The molecule has 0 unspecified atom stereocenters. The van der Waals surface area contributed by atoms with Crippen molar-refractivity contribution >= 4 is 11.5 Å². The highest BCUT2D eigenvalue weighted by atomic mass is 19.4. The summed E-state index contributed by atoms with van der Waals surface area (Å²) in [4.78, 5) is 4.27. The van der Waals surface area contributed by atoms with Gasteiger partial charge in [0.05, 0.1) is 17.5 Å². The molecule has 2 heterocycles. The zero-order valence-corrected chi connectivity index (χ0v) is 19.2. The molecule has 32 heavy (non-hydrogen) atoms. The first kappa shape index (κ1) is 25.6. The molecule has 1 aliphatic carbocycles. The van der Waals surface area contributed by atoms with E-state index in [1.54, 1.807) is 30.6 Å². The van der Waals surface area contributed by atoms with Crippen LogP contribution in [0.15, 0.2) is 42.6 Å². The minimum absolute atomic E-state index is 0.167. The summed E-state index contributed by atoms with van der Waals surface area (Å²) < 4.78 is 40.6. The molecule has 1 aromatic carbocycles. The normalized spacial score (nSPS) is 14.4. The van der Waals surface area contributed by atoms with Crippen molar-refractivity contribution in [3.8, 4) is 11.3 Å². The molecule has 3 aromatic rings. The number of aromatic nitrogens is 3. The van der Waals surface area contributed by atoms with Gasteiger partial charge in [-0.05, 0) is 51.0 Å². The van der Waals surface area contributed by atoms with E-state index >= 15 is 0 Å². The minimum atomic E-state index is -4.38. The Morgan fingerprint density at radius 1 is 1.06 bits per heavy atom. The van der Waals surface area contributed by atoms with Crippen molar-refractivity contribution < 1.29 is 18.3 Å². The van der Waals surface area contributed by atoms with Gasteiger partial charge in [-0.25, -0.2) is 9.50 Å². The smallest absolute Gasteiger partial charge is 0.394 e. The molecular weight excluding hydrogens is 417 g/mol. The van der Waals surface area contributed by atoms with E-state index < -0.39 is 11.7 Å². The Hall–Kier alpha value is -2.61. The highest BCUT2D eigenvalue weighted by molar-refractivity contribution is 5.64. The summed E-state index contributed by atoms with van der Waals surface area (Å²) in [5.41, 5.74) is 0.904. The van der Waals surface area contributed by atoms with Crippen molar-refractivity contribution in [1.29, 1.82) is 0 Å². The number of nitrogens with one attached hydrogen (secondary N) is 1. The molecule has 0 aliphatic heterocycles. The molecule has 4 rings (SSSR count). The molecule has 1 aliphatic rings. The van der Waals surface area contributed by atoms with Crippen LogP contribution < -0.4 is 5.32 Å². The van der Waals surface area contributed by atoms with Crippen LogP contribution in [0.2, 0.25) is 0 Å². The van der Waals surface area contributed by atoms with Crippen LogP contribution in [0.5, 0.6) is 0 Å². The summed E-state index contributed by atoms with van der Waals surface area (Å²) >= 11 is 0. The first-order chi connectivity index (χ1) is 15.2. The molecule has 0 radical (unpaired) electrons. The van der Waals surface area contributed by atoms with E-state index in [1.807, 2.05) is 26.0 Å². The Morgan fingerprint density at radius 2 is 1.72 bits per heavy atom. The van der Waals surface area contributed by atoms with Crippen molar-refractivity contribution in [3.63, 3.8) is 0 Å². The van der Waals surface area contributed by atoms with Gasteiger partial charge in [0.25, 0.3) is 0 Å². The van der Waals surface area contributed by atoms with Gasteiger partial charge in [0, 0.05) is 17.7 Å². The number of rotatable bonds is 3. The molecule has 1 fully saturated rings. The van der Waals surface area contributed by atoms with Crippen molar-refractivity contribution in [2.45, 2.75) is 78.1 Å². The fourth-order valence-electron chi connectivity index (χ4n) is 3.46. The minimum Gasteiger partial charge on any atom is -0.394 e. The van der Waals surface area contributed by atoms with Gasteiger partial charge < -0.3 is 10.4 Å². The van der Waals surface area contributed by atoms with Crippen LogP contribution >= 0.6 is 0 Å². The summed E-state index contributed by atoms with van der Waals surface area (Å²) in [6.45, 7) is 7.44. The summed E-state index contributed by atoms with van der Waals surface area (Å²) in [5.74, 6) is 0.718. The summed E-state index contributed by atoms with van der Waals surface area (Å²) in [7, 11) is 0. The number of aliphatic hydroxyl groups is 1. The number of hydrogen-bond donors (Lipinski definition) is 2. The quantitative estimate of drug-likeness (QED) is 0.474. The fraction of sp³-hybridized carbons (Fsp3) is 0.500. The Morgan fingerprint density at radius 3 is 2.34 bits per heavy atom. The van der Waals surface area contributed by atoms with E-state index in [0.717, 1.165) is 30.8 Å². The van der Waals surface area contributed by atoms with Gasteiger partial charge in [-0.3, -0.25) is 0 Å². The Balaban J connectivity index is 0.000000547. The molecule has 2 aromatic heterocycles. The van der Waals surface area contributed by atoms with Crippen LogP contribution in [0, 0.1) is 0 Å². The van der Waals surface area contributed by atoms with Crippen molar-refractivity contribution in [2.75, 3.05) is 5.32 Å². The Bertz CT molecular complexity index is 961. The maximum absolute atomic E-state index is 13.0. The number of fused-ring (bicyclic) bond motifs is 1. The maximum atomic E-state index is 13.0. The number of aliphatic hydroxyl groups excluding tert-OH is 1. The average molecular weight is 451 g/mol. The number of nitrogens with zero attached hydrogens (tertiary/aromatic N) is 3. The van der Waals surface area contributed by atoms with Crippen molar-refractivity contribution in [3.05, 3.63) is 48.2 Å². The van der Waals surface area contributed by atoms with Crippen molar-refractivity contribution in [2.24, 2.45) is 0 Å². The molecular formula is C24H33F3N4O. The topological polar surface area (TPSA) is 62.5 Å². The number of benzene rings is 1. The number of halogens is 3. The zero-order chi connectivity index (χ0) is 23.7. The molecule has 0 spiro atoms. The number of anilines is 1. The standard InChI is InChI=1S/C19H19F3N4.C3H8O.C2H6/c20-19(21,22)14-6-4-5-13(11-14)16-12-23-18-10-9-17(25-26(16)18)24-15-7-2-1-3-8-15;1-3(2)4;1-2/h4-6,9-12,15H,1-3,7-8H2,(H,24,25);3-4H,1-2H3;1-2H3. The first-order valence-electron chi connectivity index (χ1n) is 11.2. The molecule has 2 N–H and O–H groups in total. The highest BCUT2D eigenvalue weighted by Gasteiger charge is 2.30. The van der Waals surface area contributed by atoms with Gasteiger partial charge in [-0.2, -0.15) is 13.2 Å². The van der Waals surface area contributed by atoms with E-state index in [2.05, 4.69) is 15.4 Å². The molecule has 1 saturated carbocycles. The zero-order valence-electron chi connectivity index (χ0n) is 19.2. The van der Waals surface area contributed by atoms with Crippen LogP contribution in [0.3, 0.4) is 0 Å². The Labute approximate surface area is 187 Å². The molecule has 0 saturated heterocycles. The highest BCUT2D eigenvalue weighted by Crippen LogP contribution is 2.32. The molecule has 5 nitrogen and oxygen atoms in total. The average Bonchev–Trinajstić information content (AvgIpc) is 3.18. The van der Waals surface area contributed by atoms with Crippen LogP contribution in [-0.4, -0.2) is 31.9 Å². The van der Waals surface area contributed by atoms with Gasteiger partial charge in [0.2, 0.25) is 0 Å². The summed E-state index contributed by atoms with van der Waals surface area (Å²) in [6, 6.07) is 9.34. The maximum Gasteiger partial charge on any atom is 0.416 e. The summed E-state index contributed by atoms with van der Waals surface area (Å²) in [5, 5.41) is 16.1. The lowest BCUT2D eigenvalue weighted by atomic mass is 9.95. The third-order valence-electron chi connectivity index (χ3n) is 4.81. The van der Waals surface area contributed by atoms with Crippen molar-refractivity contribution in [1.82, 2.24) is 14.6 Å². The van der Waals surface area contributed by atoms with E-state index in [0.29, 0.717) is 22.9 Å². The van der Waals surface area contributed by atoms with E-state index in [4.69, 9.17) is 5.11 Å². The third kappa shape index (κ3) is 7.22. The Kier molecular flexibility index (Phi) is 9.50. The lowest BCUT2D eigenvalue weighted by Crippen LogP contribution is -2.23. The molecule has 8 heteroatoms. The largest absolute Gasteiger partial charge is 0.416 e. The van der Waals surface area contributed by atoms with E-state index in [1.165, 1.54) is 25.3 Å². The first-order valence-corrected chi connectivity index (χ1v) is 11.2. The number of alkyl halides is 3. The molecule has 0 amide bonds. The van der Waals surface area contributed by atoms with E-state index in [-0.39, 0.29) is 6.10 Å². The van der Waals surface area contributed by atoms with Gasteiger partial charge in [-0.15, -0.1) is 5.10 Å². The van der Waals surface area contributed by atoms with Gasteiger partial charge in [0.1, 0.15) is 5.82 Å². The van der Waals surface area contributed by atoms with Crippen LogP contribution in [-0.2, 0) is 6.18 Å². The molecule has 0 bridgehead atoms. The van der Waals surface area contributed by atoms with Crippen LogP contribution in [0.25, 0.3) is 16.9 Å². The molecule has 176 valence electrons. The lowest BCUT2D eigenvalue weighted by Gasteiger charge is -2.23. The third-order valence-corrected chi connectivity index (χ3v) is 4.81. The second-order valence-electron chi connectivity index (χ2n) is 7.78. The predicted molar refractivity (Wildman–Crippen MR) is 123 cm³/mol. The summed E-state index contributed by atoms with van der Waals surface area (Å²) in [6.07, 6.45) is 2.93. The van der Waals surface area contributed by atoms with Gasteiger partial charge >= 0.3 is 6.18 Å². The number of hydrogen-bond acceptors (Lipinski definition) is 4. The van der Waals surface area contributed by atoms with Gasteiger partial charge in [-0.1, -0.05) is 45.2 Å². The second-order valence-corrected chi connectivity index (χ2v) is 7.78. The fourth-order valence-corrected chi connectivity index (χ4v) is 3.46. The lowest BCUT2D eigenvalue weighted by molar-refractivity contribution is -0.137. The number of imidazole rings is 1. The monoisotopic (exact) mass is 450 g/mol. The van der Waals surface area contributed by atoms with Gasteiger partial charge in [0.15, 0.2) is 5.65 Å². The van der Waals surface area contributed by atoms with E-state index in [9.17, 15) is 13.2 Å². The molecule has 0 atom stereocenters. The predicted octanol–water partition coefficient (Wildman–Crippen LogP) is 6.57. The second kappa shape index (κ2) is 11.9. The van der Waals surface area contributed by atoms with Crippen LogP contribution in [0.4, 0.5) is 19.0 Å². The SMILES string of the molecule is CC.CC(C)O.FC(F)(F)c1cccc(-c2cnc3ccc(NC4CCCCC4)nn23)c1.